The quantitative estimate of drug-likeness (QED) is 0.919. The van der Waals surface area contributed by atoms with Crippen LogP contribution in [-0.4, -0.2) is 18.4 Å². The van der Waals surface area contributed by atoms with Gasteiger partial charge < -0.3 is 10.2 Å². The summed E-state index contributed by atoms with van der Waals surface area (Å²) in [4.78, 5) is 25.7. The van der Waals surface area contributed by atoms with E-state index in [9.17, 15) is 9.59 Å². The number of nitrogens with one attached hydrogen (secondary N) is 1. The van der Waals surface area contributed by atoms with E-state index in [1.165, 1.54) is 5.56 Å². The van der Waals surface area contributed by atoms with E-state index in [1.54, 1.807) is 0 Å². The lowest BCUT2D eigenvalue weighted by atomic mass is 10.0. The van der Waals surface area contributed by atoms with Crippen LogP contribution in [0.1, 0.15) is 38.2 Å². The first-order valence-corrected chi connectivity index (χ1v) is 7.43. The van der Waals surface area contributed by atoms with Crippen LogP contribution in [0.2, 0.25) is 0 Å². The topological polar surface area (TPSA) is 49.4 Å². The van der Waals surface area contributed by atoms with Crippen LogP contribution in [0.4, 0.5) is 11.4 Å². The standard InChI is InChI=1S/C16H20N2O2/c1-2-15(19)18-9-3-4-11-7-8-13(10-14(11)18)17-16(20)12-5-6-12/h7-8,10,12H,2-6,9H2,1H3,(H,17,20). The van der Waals surface area contributed by atoms with E-state index in [1.807, 2.05) is 30.0 Å². The van der Waals surface area contributed by atoms with Crippen LogP contribution in [0.3, 0.4) is 0 Å². The molecule has 1 aliphatic carbocycles. The summed E-state index contributed by atoms with van der Waals surface area (Å²) in [5, 5.41) is 2.95. The molecule has 2 amide bonds. The molecule has 1 saturated carbocycles. The third-order valence-corrected chi connectivity index (χ3v) is 4.02. The smallest absolute Gasteiger partial charge is 0.227 e. The highest BCUT2D eigenvalue weighted by atomic mass is 16.2. The van der Waals surface area contributed by atoms with Gasteiger partial charge in [-0.2, -0.15) is 0 Å². The summed E-state index contributed by atoms with van der Waals surface area (Å²) in [6.45, 7) is 2.66. The Bertz CT molecular complexity index is 549. The molecule has 1 aliphatic heterocycles. The molecular weight excluding hydrogens is 252 g/mol. The number of amides is 2. The molecule has 4 nitrogen and oxygen atoms in total. The number of carbonyl (C=O) groups excluding carboxylic acids is 2. The van der Waals surface area contributed by atoms with Gasteiger partial charge in [0.25, 0.3) is 0 Å². The largest absolute Gasteiger partial charge is 0.326 e. The molecule has 1 heterocycles. The zero-order valence-electron chi connectivity index (χ0n) is 11.8. The maximum absolute atomic E-state index is 12.0. The van der Waals surface area contributed by atoms with Gasteiger partial charge in [-0.1, -0.05) is 13.0 Å². The van der Waals surface area contributed by atoms with Crippen molar-refractivity contribution in [2.75, 3.05) is 16.8 Å². The van der Waals surface area contributed by atoms with Crippen molar-refractivity contribution in [3.05, 3.63) is 23.8 Å². The van der Waals surface area contributed by atoms with E-state index < -0.39 is 0 Å². The number of fused-ring (bicyclic) bond motifs is 1. The number of benzene rings is 1. The normalized spacial score (nSPS) is 17.6. The van der Waals surface area contributed by atoms with Gasteiger partial charge in [0, 0.05) is 30.3 Å². The predicted octanol–water partition coefficient (Wildman–Crippen LogP) is 2.72. The summed E-state index contributed by atoms with van der Waals surface area (Å²) < 4.78 is 0. The van der Waals surface area contributed by atoms with Crippen LogP contribution >= 0.6 is 0 Å². The molecule has 3 rings (SSSR count). The van der Waals surface area contributed by atoms with Crippen molar-refractivity contribution in [2.24, 2.45) is 5.92 Å². The van der Waals surface area contributed by atoms with Crippen molar-refractivity contribution in [2.45, 2.75) is 39.0 Å². The van der Waals surface area contributed by atoms with Crippen LogP contribution in [0.25, 0.3) is 0 Å². The molecule has 0 radical (unpaired) electrons. The average Bonchev–Trinajstić information content (AvgIpc) is 3.30. The minimum Gasteiger partial charge on any atom is -0.326 e. The van der Waals surface area contributed by atoms with E-state index >= 15 is 0 Å². The highest BCUT2D eigenvalue weighted by Crippen LogP contribution is 2.33. The average molecular weight is 272 g/mol. The van der Waals surface area contributed by atoms with Crippen LogP contribution < -0.4 is 10.2 Å². The van der Waals surface area contributed by atoms with Gasteiger partial charge in [0.15, 0.2) is 0 Å². The fourth-order valence-electron chi connectivity index (χ4n) is 2.69. The van der Waals surface area contributed by atoms with Crippen LogP contribution in [0.5, 0.6) is 0 Å². The van der Waals surface area contributed by atoms with Crippen molar-refractivity contribution in [3.8, 4) is 0 Å². The molecule has 0 atom stereocenters. The van der Waals surface area contributed by atoms with Gasteiger partial charge in [-0.3, -0.25) is 9.59 Å². The Labute approximate surface area is 119 Å². The summed E-state index contributed by atoms with van der Waals surface area (Å²) >= 11 is 0. The Kier molecular flexibility index (Phi) is 3.47. The van der Waals surface area contributed by atoms with Gasteiger partial charge in [0.2, 0.25) is 11.8 Å². The number of hydrogen-bond donors (Lipinski definition) is 1. The van der Waals surface area contributed by atoms with Gasteiger partial charge in [0.1, 0.15) is 0 Å². The Morgan fingerprint density at radius 3 is 2.85 bits per heavy atom. The van der Waals surface area contributed by atoms with E-state index in [0.717, 1.165) is 43.6 Å². The van der Waals surface area contributed by atoms with Gasteiger partial charge in [-0.25, -0.2) is 0 Å². The highest BCUT2D eigenvalue weighted by molar-refractivity contribution is 5.97. The summed E-state index contributed by atoms with van der Waals surface area (Å²) in [6.07, 6.45) is 4.51. The SMILES string of the molecule is CCC(=O)N1CCCc2ccc(NC(=O)C3CC3)cc21. The molecule has 0 bridgehead atoms. The fourth-order valence-corrected chi connectivity index (χ4v) is 2.69. The molecule has 2 aliphatic rings. The maximum Gasteiger partial charge on any atom is 0.227 e. The van der Waals surface area contributed by atoms with Crippen molar-refractivity contribution in [1.29, 1.82) is 0 Å². The lowest BCUT2D eigenvalue weighted by Gasteiger charge is -2.29. The van der Waals surface area contributed by atoms with Gasteiger partial charge in [-0.05, 0) is 43.4 Å². The number of hydrogen-bond acceptors (Lipinski definition) is 2. The molecule has 4 heteroatoms. The Morgan fingerprint density at radius 1 is 1.35 bits per heavy atom. The first-order chi connectivity index (χ1) is 9.69. The monoisotopic (exact) mass is 272 g/mol. The van der Waals surface area contributed by atoms with Gasteiger partial charge in [0.05, 0.1) is 0 Å². The lowest BCUT2D eigenvalue weighted by molar-refractivity contribution is -0.118. The first kappa shape index (κ1) is 13.2. The molecule has 1 fully saturated rings. The fraction of sp³-hybridized carbons (Fsp3) is 0.500. The first-order valence-electron chi connectivity index (χ1n) is 7.43. The van der Waals surface area contributed by atoms with Crippen molar-refractivity contribution < 1.29 is 9.59 Å². The van der Waals surface area contributed by atoms with E-state index in [4.69, 9.17) is 0 Å². The third-order valence-electron chi connectivity index (χ3n) is 4.02. The Hall–Kier alpha value is -1.84. The second-order valence-electron chi connectivity index (χ2n) is 5.61. The van der Waals surface area contributed by atoms with Gasteiger partial charge in [-0.15, -0.1) is 0 Å². The molecule has 1 aromatic carbocycles. The number of anilines is 2. The maximum atomic E-state index is 12.0. The number of aryl methyl sites for hydroxylation is 1. The molecule has 0 unspecified atom stereocenters. The van der Waals surface area contributed by atoms with Crippen molar-refractivity contribution in [1.82, 2.24) is 0 Å². The summed E-state index contributed by atoms with van der Waals surface area (Å²) in [5.74, 6) is 0.449. The second-order valence-corrected chi connectivity index (χ2v) is 5.61. The van der Waals surface area contributed by atoms with E-state index in [2.05, 4.69) is 5.32 Å². The molecule has 1 aromatic rings. The molecule has 0 saturated heterocycles. The zero-order chi connectivity index (χ0) is 14.1. The zero-order valence-corrected chi connectivity index (χ0v) is 11.8. The van der Waals surface area contributed by atoms with E-state index in [0.29, 0.717) is 6.42 Å². The Balaban J connectivity index is 1.84. The minimum atomic E-state index is 0.106. The summed E-state index contributed by atoms with van der Waals surface area (Å²) in [6, 6.07) is 5.92. The third kappa shape index (κ3) is 2.55. The predicted molar refractivity (Wildman–Crippen MR) is 78.8 cm³/mol. The lowest BCUT2D eigenvalue weighted by Crippen LogP contribution is -2.35. The minimum absolute atomic E-state index is 0.106. The summed E-state index contributed by atoms with van der Waals surface area (Å²) in [7, 11) is 0. The molecule has 0 aromatic heterocycles. The van der Waals surface area contributed by atoms with Crippen LogP contribution in [0, 0.1) is 5.92 Å². The number of carbonyl (C=O) groups is 2. The highest BCUT2D eigenvalue weighted by Gasteiger charge is 2.30. The molecular formula is C16H20N2O2. The van der Waals surface area contributed by atoms with Crippen molar-refractivity contribution >= 4 is 23.2 Å². The van der Waals surface area contributed by atoms with E-state index in [-0.39, 0.29) is 17.7 Å². The van der Waals surface area contributed by atoms with Crippen LogP contribution in [0.15, 0.2) is 18.2 Å². The second kappa shape index (κ2) is 5.27. The van der Waals surface area contributed by atoms with Gasteiger partial charge >= 0.3 is 0 Å². The molecule has 20 heavy (non-hydrogen) atoms. The van der Waals surface area contributed by atoms with Crippen LogP contribution in [-0.2, 0) is 16.0 Å². The number of nitrogens with zero attached hydrogens (tertiary/aromatic N) is 1. The van der Waals surface area contributed by atoms with Crippen molar-refractivity contribution in [3.63, 3.8) is 0 Å². The number of rotatable bonds is 3. The molecule has 0 spiro atoms. The molecule has 1 N–H and O–H groups in total. The summed E-state index contributed by atoms with van der Waals surface area (Å²) in [5.41, 5.74) is 2.97. The molecule has 106 valence electrons. The Morgan fingerprint density at radius 2 is 2.15 bits per heavy atom.